The molecule has 0 spiro atoms. The van der Waals surface area contributed by atoms with Crippen molar-refractivity contribution in [1.82, 2.24) is 19.9 Å². The largest absolute Gasteiger partial charge is 0.339 e. The molecular weight excluding hydrogens is 348 g/mol. The van der Waals surface area contributed by atoms with Crippen molar-refractivity contribution < 1.29 is 4.79 Å². The number of nitrogens with zero attached hydrogens (tertiary/aromatic N) is 3. The zero-order valence-corrected chi connectivity index (χ0v) is 16.2. The average molecular weight is 370 g/mol. The Morgan fingerprint density at radius 1 is 0.964 bits per heavy atom. The lowest BCUT2D eigenvalue weighted by molar-refractivity contribution is 0.0920. The van der Waals surface area contributed by atoms with Gasteiger partial charge in [0, 0.05) is 11.4 Å². The van der Waals surface area contributed by atoms with E-state index in [-0.39, 0.29) is 5.91 Å². The Bertz CT molecular complexity index is 1090. The topological polar surface area (TPSA) is 59.3 Å². The van der Waals surface area contributed by atoms with Gasteiger partial charge in [-0.25, -0.2) is 9.50 Å². The molecule has 1 amide bonds. The van der Waals surface area contributed by atoms with E-state index in [2.05, 4.69) is 15.4 Å². The number of aromatic nitrogens is 3. The molecule has 1 N–H and O–H groups in total. The molecule has 5 nitrogen and oxygen atoms in total. The fourth-order valence-corrected chi connectivity index (χ4v) is 3.58. The summed E-state index contributed by atoms with van der Waals surface area (Å²) in [6.45, 7) is 5.89. The second kappa shape index (κ2) is 6.93. The van der Waals surface area contributed by atoms with Gasteiger partial charge in [0.15, 0.2) is 5.65 Å². The van der Waals surface area contributed by atoms with Gasteiger partial charge in [0.1, 0.15) is 5.56 Å². The second-order valence-electron chi connectivity index (χ2n) is 7.14. The molecule has 0 unspecified atom stereocenters. The SMILES string of the molecule is Cc1cc(C)n2ncc(C(=O)NC(C)(c3ccccc3)c3ccccc3)c2n1. The van der Waals surface area contributed by atoms with E-state index in [4.69, 9.17) is 0 Å². The highest BCUT2D eigenvalue weighted by Gasteiger charge is 2.32. The van der Waals surface area contributed by atoms with Gasteiger partial charge in [-0.2, -0.15) is 5.10 Å². The Hall–Kier alpha value is -3.47. The molecule has 2 aromatic heterocycles. The van der Waals surface area contributed by atoms with Crippen LogP contribution in [0, 0.1) is 13.8 Å². The van der Waals surface area contributed by atoms with Crippen LogP contribution in [0.5, 0.6) is 0 Å². The van der Waals surface area contributed by atoms with Crippen LogP contribution in [0.3, 0.4) is 0 Å². The molecule has 140 valence electrons. The molecule has 4 aromatic rings. The summed E-state index contributed by atoms with van der Waals surface area (Å²) in [4.78, 5) is 17.8. The van der Waals surface area contributed by atoms with Crippen molar-refractivity contribution >= 4 is 11.6 Å². The Balaban J connectivity index is 1.79. The molecule has 0 aliphatic rings. The zero-order chi connectivity index (χ0) is 19.7. The second-order valence-corrected chi connectivity index (χ2v) is 7.14. The summed E-state index contributed by atoms with van der Waals surface area (Å²) in [6, 6.07) is 21.9. The third kappa shape index (κ3) is 3.05. The van der Waals surface area contributed by atoms with Crippen molar-refractivity contribution in [2.75, 3.05) is 0 Å². The first-order chi connectivity index (χ1) is 13.5. The molecule has 0 atom stereocenters. The summed E-state index contributed by atoms with van der Waals surface area (Å²) < 4.78 is 1.70. The number of aryl methyl sites for hydroxylation is 2. The van der Waals surface area contributed by atoms with Crippen LogP contribution in [0.1, 0.15) is 39.8 Å². The van der Waals surface area contributed by atoms with Crippen molar-refractivity contribution in [3.05, 3.63) is 101 Å². The quantitative estimate of drug-likeness (QED) is 0.590. The Labute approximate surface area is 164 Å². The molecule has 0 saturated heterocycles. The van der Waals surface area contributed by atoms with Crippen LogP contribution < -0.4 is 5.32 Å². The van der Waals surface area contributed by atoms with Crippen LogP contribution in [0.15, 0.2) is 72.9 Å². The number of carbonyl (C=O) groups is 1. The van der Waals surface area contributed by atoms with Crippen LogP contribution >= 0.6 is 0 Å². The molecule has 0 aliphatic carbocycles. The number of nitrogens with one attached hydrogen (secondary N) is 1. The standard InChI is InChI=1S/C23H22N4O/c1-16-14-17(2)27-21(25-16)20(15-24-27)22(28)26-23(3,18-10-6-4-7-11-18)19-12-8-5-9-13-19/h4-15H,1-3H3,(H,26,28). The first-order valence-corrected chi connectivity index (χ1v) is 9.24. The highest BCUT2D eigenvalue weighted by molar-refractivity contribution is 6.00. The highest BCUT2D eigenvalue weighted by Crippen LogP contribution is 2.29. The smallest absolute Gasteiger partial charge is 0.257 e. The molecule has 0 saturated carbocycles. The number of hydrogen-bond donors (Lipinski definition) is 1. The number of carbonyl (C=O) groups excluding carboxylic acids is 1. The number of rotatable bonds is 4. The molecular formula is C23H22N4O. The normalized spacial score (nSPS) is 11.5. The van der Waals surface area contributed by atoms with Gasteiger partial charge in [-0.15, -0.1) is 0 Å². The van der Waals surface area contributed by atoms with E-state index >= 15 is 0 Å². The van der Waals surface area contributed by atoms with Crippen LogP contribution in [0.2, 0.25) is 0 Å². The van der Waals surface area contributed by atoms with Gasteiger partial charge in [0.25, 0.3) is 5.91 Å². The van der Waals surface area contributed by atoms with E-state index in [0.29, 0.717) is 11.2 Å². The Kier molecular flexibility index (Phi) is 4.43. The predicted octanol–water partition coefficient (Wildman–Crippen LogP) is 4.04. The number of benzene rings is 2. The van der Waals surface area contributed by atoms with Gasteiger partial charge in [-0.1, -0.05) is 60.7 Å². The minimum absolute atomic E-state index is 0.206. The lowest BCUT2D eigenvalue weighted by atomic mass is 9.84. The molecule has 2 aromatic carbocycles. The average Bonchev–Trinajstić information content (AvgIpc) is 3.13. The van der Waals surface area contributed by atoms with Crippen LogP contribution in [0.4, 0.5) is 0 Å². The maximum atomic E-state index is 13.3. The summed E-state index contributed by atoms with van der Waals surface area (Å²) in [7, 11) is 0. The molecule has 0 radical (unpaired) electrons. The molecule has 0 aliphatic heterocycles. The van der Waals surface area contributed by atoms with E-state index in [9.17, 15) is 4.79 Å². The molecule has 28 heavy (non-hydrogen) atoms. The predicted molar refractivity (Wildman–Crippen MR) is 109 cm³/mol. The number of hydrogen-bond acceptors (Lipinski definition) is 3. The monoisotopic (exact) mass is 370 g/mol. The Morgan fingerprint density at radius 2 is 1.54 bits per heavy atom. The maximum absolute atomic E-state index is 13.3. The fourth-order valence-electron chi connectivity index (χ4n) is 3.58. The van der Waals surface area contributed by atoms with Gasteiger partial charge >= 0.3 is 0 Å². The van der Waals surface area contributed by atoms with E-state index in [0.717, 1.165) is 22.5 Å². The third-order valence-electron chi connectivity index (χ3n) is 5.09. The molecule has 0 bridgehead atoms. The summed E-state index contributed by atoms with van der Waals surface area (Å²) in [5.41, 5.74) is 4.15. The highest BCUT2D eigenvalue weighted by atomic mass is 16.1. The van der Waals surface area contributed by atoms with Gasteiger partial charge < -0.3 is 5.32 Å². The molecule has 4 rings (SSSR count). The third-order valence-corrected chi connectivity index (χ3v) is 5.09. The number of fused-ring (bicyclic) bond motifs is 1. The van der Waals surface area contributed by atoms with Crippen molar-refractivity contribution in [1.29, 1.82) is 0 Å². The minimum atomic E-state index is -0.688. The number of amides is 1. The molecule has 2 heterocycles. The molecule has 0 fully saturated rings. The molecule has 5 heteroatoms. The van der Waals surface area contributed by atoms with Crippen LogP contribution in [-0.4, -0.2) is 20.5 Å². The van der Waals surface area contributed by atoms with Crippen molar-refractivity contribution in [2.45, 2.75) is 26.3 Å². The lowest BCUT2D eigenvalue weighted by Crippen LogP contribution is -2.44. The Morgan fingerprint density at radius 3 is 2.11 bits per heavy atom. The van der Waals surface area contributed by atoms with E-state index < -0.39 is 5.54 Å². The first kappa shape index (κ1) is 17.9. The van der Waals surface area contributed by atoms with E-state index in [1.165, 1.54) is 0 Å². The van der Waals surface area contributed by atoms with Gasteiger partial charge in [0.05, 0.1) is 11.7 Å². The van der Waals surface area contributed by atoms with Gasteiger partial charge in [0.2, 0.25) is 0 Å². The van der Waals surface area contributed by atoms with Crippen molar-refractivity contribution in [2.24, 2.45) is 0 Å². The first-order valence-electron chi connectivity index (χ1n) is 9.24. The minimum Gasteiger partial charge on any atom is -0.339 e. The zero-order valence-electron chi connectivity index (χ0n) is 16.2. The van der Waals surface area contributed by atoms with Crippen molar-refractivity contribution in [3.63, 3.8) is 0 Å². The summed E-state index contributed by atoms with van der Waals surface area (Å²) in [6.07, 6.45) is 1.58. The van der Waals surface area contributed by atoms with E-state index in [1.54, 1.807) is 10.7 Å². The van der Waals surface area contributed by atoms with Crippen molar-refractivity contribution in [3.8, 4) is 0 Å². The fraction of sp³-hybridized carbons (Fsp3) is 0.174. The van der Waals surface area contributed by atoms with Gasteiger partial charge in [-0.05, 0) is 38.0 Å². The van der Waals surface area contributed by atoms with E-state index in [1.807, 2.05) is 87.5 Å². The van der Waals surface area contributed by atoms with Gasteiger partial charge in [-0.3, -0.25) is 4.79 Å². The summed E-state index contributed by atoms with van der Waals surface area (Å²) in [5.74, 6) is -0.206. The maximum Gasteiger partial charge on any atom is 0.257 e. The summed E-state index contributed by atoms with van der Waals surface area (Å²) >= 11 is 0. The van der Waals surface area contributed by atoms with Crippen LogP contribution in [-0.2, 0) is 5.54 Å². The van der Waals surface area contributed by atoms with Crippen LogP contribution in [0.25, 0.3) is 5.65 Å². The lowest BCUT2D eigenvalue weighted by Gasteiger charge is -2.32. The summed E-state index contributed by atoms with van der Waals surface area (Å²) in [5, 5.41) is 7.58.